The lowest BCUT2D eigenvalue weighted by atomic mass is 9.88. The molecular formula is C23H35N3O4. The molecule has 3 rings (SSSR count). The topological polar surface area (TPSA) is 90.9 Å². The zero-order valence-corrected chi connectivity index (χ0v) is 18.3. The van der Waals surface area contributed by atoms with Crippen LogP contribution in [0.5, 0.6) is 5.75 Å². The lowest BCUT2D eigenvalue weighted by Crippen LogP contribution is -2.49. The molecule has 0 bridgehead atoms. The minimum atomic E-state index is -0.304. The Labute approximate surface area is 179 Å². The average molecular weight is 418 g/mol. The van der Waals surface area contributed by atoms with Crippen LogP contribution >= 0.6 is 0 Å². The number of aliphatic hydroxyl groups is 1. The van der Waals surface area contributed by atoms with Gasteiger partial charge in [0.15, 0.2) is 5.75 Å². The van der Waals surface area contributed by atoms with Gasteiger partial charge in [0.1, 0.15) is 6.10 Å². The van der Waals surface area contributed by atoms with E-state index in [1.54, 1.807) is 23.1 Å². The van der Waals surface area contributed by atoms with Gasteiger partial charge >= 0.3 is 0 Å². The van der Waals surface area contributed by atoms with Gasteiger partial charge in [-0.15, -0.1) is 0 Å². The number of nitrogens with zero attached hydrogens (tertiary/aromatic N) is 1. The largest absolute Gasteiger partial charge is 0.486 e. The summed E-state index contributed by atoms with van der Waals surface area (Å²) < 4.78 is 6.35. The number of rotatable bonds is 6. The van der Waals surface area contributed by atoms with Gasteiger partial charge in [0.25, 0.3) is 5.91 Å². The number of hydrogen-bond acceptors (Lipinski definition) is 5. The van der Waals surface area contributed by atoms with Gasteiger partial charge in [0.2, 0.25) is 5.91 Å². The van der Waals surface area contributed by atoms with Crippen LogP contribution in [0.2, 0.25) is 0 Å². The van der Waals surface area contributed by atoms with Crippen molar-refractivity contribution < 1.29 is 19.4 Å². The third-order valence-electron chi connectivity index (χ3n) is 6.33. The highest BCUT2D eigenvalue weighted by Gasteiger charge is 2.34. The third kappa shape index (κ3) is 4.95. The second kappa shape index (κ2) is 10.3. The number of benzene rings is 1. The van der Waals surface area contributed by atoms with Gasteiger partial charge in [-0.2, -0.15) is 0 Å². The second-order valence-corrected chi connectivity index (χ2v) is 8.69. The first-order chi connectivity index (χ1) is 14.5. The molecule has 0 radical (unpaired) electrons. The number of ether oxygens (including phenoxy) is 1. The van der Waals surface area contributed by atoms with Gasteiger partial charge in [-0.1, -0.05) is 32.3 Å². The highest BCUT2D eigenvalue weighted by Crippen LogP contribution is 2.35. The Bertz CT molecular complexity index is 748. The number of aliphatic hydroxyl groups excluding tert-OH is 1. The van der Waals surface area contributed by atoms with E-state index >= 15 is 0 Å². The highest BCUT2D eigenvalue weighted by atomic mass is 16.5. The molecule has 166 valence electrons. The van der Waals surface area contributed by atoms with Crippen LogP contribution < -0.4 is 15.4 Å². The molecule has 0 spiro atoms. The molecule has 1 fully saturated rings. The Morgan fingerprint density at radius 3 is 2.70 bits per heavy atom. The summed E-state index contributed by atoms with van der Waals surface area (Å²) in [7, 11) is 1.87. The summed E-state index contributed by atoms with van der Waals surface area (Å²) in [5.74, 6) is 0.297. The molecule has 7 nitrogen and oxygen atoms in total. The number of para-hydroxylation sites is 1. The number of hydrogen-bond donors (Lipinski definition) is 3. The van der Waals surface area contributed by atoms with Crippen molar-refractivity contribution in [3.8, 4) is 5.75 Å². The smallest absolute Gasteiger partial charge is 0.258 e. The fraction of sp³-hybridized carbons (Fsp3) is 0.652. The van der Waals surface area contributed by atoms with Gasteiger partial charge < -0.3 is 25.4 Å². The standard InChI is InChI=1S/C23H35N3O4/c1-15-13-26(16(2)14-27)23(29)18-10-7-11-19(21(18)30-20(15)12-24-3)25-22(28)17-8-5-4-6-9-17/h7,10-11,15-17,20,24,27H,4-6,8-9,12-14H2,1-3H3,(H,25,28)/t15-,16-,20+/m0/s1. The molecule has 0 aromatic heterocycles. The maximum absolute atomic E-state index is 13.3. The predicted octanol–water partition coefficient (Wildman–Crippen LogP) is 2.64. The van der Waals surface area contributed by atoms with E-state index in [4.69, 9.17) is 4.74 Å². The first kappa shape index (κ1) is 22.6. The van der Waals surface area contributed by atoms with Crippen LogP contribution in [-0.4, -0.2) is 60.7 Å². The van der Waals surface area contributed by atoms with Gasteiger partial charge in [0.05, 0.1) is 23.9 Å². The Balaban J connectivity index is 1.96. The Morgan fingerprint density at radius 1 is 1.30 bits per heavy atom. The minimum absolute atomic E-state index is 0.00000535. The van der Waals surface area contributed by atoms with E-state index in [2.05, 4.69) is 10.6 Å². The van der Waals surface area contributed by atoms with Crippen LogP contribution in [0.3, 0.4) is 0 Å². The van der Waals surface area contributed by atoms with E-state index in [1.165, 1.54) is 6.42 Å². The van der Waals surface area contributed by atoms with E-state index in [-0.39, 0.29) is 42.4 Å². The second-order valence-electron chi connectivity index (χ2n) is 8.69. The monoisotopic (exact) mass is 417 g/mol. The molecular weight excluding hydrogens is 382 g/mol. The molecule has 0 saturated heterocycles. The van der Waals surface area contributed by atoms with E-state index < -0.39 is 0 Å². The quantitative estimate of drug-likeness (QED) is 0.662. The van der Waals surface area contributed by atoms with Crippen LogP contribution in [0.1, 0.15) is 56.3 Å². The van der Waals surface area contributed by atoms with Crippen molar-refractivity contribution >= 4 is 17.5 Å². The number of fused-ring (bicyclic) bond motifs is 1. The van der Waals surface area contributed by atoms with Crippen molar-refractivity contribution in [2.45, 2.75) is 58.1 Å². The summed E-state index contributed by atoms with van der Waals surface area (Å²) in [6.07, 6.45) is 4.97. The van der Waals surface area contributed by atoms with Crippen molar-refractivity contribution in [3.05, 3.63) is 23.8 Å². The maximum Gasteiger partial charge on any atom is 0.258 e. The fourth-order valence-electron chi connectivity index (χ4n) is 4.39. The zero-order valence-electron chi connectivity index (χ0n) is 18.3. The molecule has 2 aliphatic rings. The number of nitrogens with one attached hydrogen (secondary N) is 2. The van der Waals surface area contributed by atoms with E-state index in [0.29, 0.717) is 30.1 Å². The number of anilines is 1. The molecule has 1 heterocycles. The van der Waals surface area contributed by atoms with E-state index in [1.807, 2.05) is 20.9 Å². The lowest BCUT2D eigenvalue weighted by molar-refractivity contribution is -0.120. The summed E-state index contributed by atoms with van der Waals surface area (Å²) in [5, 5.41) is 15.9. The fourth-order valence-corrected chi connectivity index (χ4v) is 4.39. The van der Waals surface area contributed by atoms with Crippen LogP contribution in [0, 0.1) is 11.8 Å². The van der Waals surface area contributed by atoms with Crippen LogP contribution in [-0.2, 0) is 4.79 Å². The van der Waals surface area contributed by atoms with Crippen molar-refractivity contribution in [2.24, 2.45) is 11.8 Å². The number of likely N-dealkylation sites (N-methyl/N-ethyl adjacent to an activating group) is 1. The van der Waals surface area contributed by atoms with Crippen LogP contribution in [0.4, 0.5) is 5.69 Å². The average Bonchev–Trinajstić information content (AvgIpc) is 2.76. The molecule has 3 atom stereocenters. The normalized spacial score (nSPS) is 23.7. The minimum Gasteiger partial charge on any atom is -0.486 e. The molecule has 1 aromatic rings. The van der Waals surface area contributed by atoms with Gasteiger partial charge in [0, 0.05) is 24.9 Å². The summed E-state index contributed by atoms with van der Waals surface area (Å²) >= 11 is 0. The van der Waals surface area contributed by atoms with E-state index in [0.717, 1.165) is 25.7 Å². The van der Waals surface area contributed by atoms with Gasteiger partial charge in [-0.25, -0.2) is 0 Å². The van der Waals surface area contributed by atoms with Gasteiger partial charge in [-0.3, -0.25) is 9.59 Å². The number of carbonyl (C=O) groups excluding carboxylic acids is 2. The zero-order chi connectivity index (χ0) is 21.7. The molecule has 1 saturated carbocycles. The molecule has 0 unspecified atom stereocenters. The molecule has 7 heteroatoms. The molecule has 3 N–H and O–H groups in total. The summed E-state index contributed by atoms with van der Waals surface area (Å²) in [4.78, 5) is 27.9. The Morgan fingerprint density at radius 2 is 2.03 bits per heavy atom. The third-order valence-corrected chi connectivity index (χ3v) is 6.33. The molecule has 1 aliphatic carbocycles. The van der Waals surface area contributed by atoms with Crippen molar-refractivity contribution in [2.75, 3.05) is 32.1 Å². The highest BCUT2D eigenvalue weighted by molar-refractivity contribution is 6.02. The Hall–Kier alpha value is -2.12. The lowest BCUT2D eigenvalue weighted by Gasteiger charge is -2.37. The predicted molar refractivity (Wildman–Crippen MR) is 117 cm³/mol. The van der Waals surface area contributed by atoms with Crippen LogP contribution in [0.25, 0.3) is 0 Å². The number of amides is 2. The number of carbonyl (C=O) groups is 2. The van der Waals surface area contributed by atoms with Crippen molar-refractivity contribution in [3.63, 3.8) is 0 Å². The first-order valence-corrected chi connectivity index (χ1v) is 11.1. The maximum atomic E-state index is 13.3. The molecule has 1 aliphatic heterocycles. The SMILES string of the molecule is CNC[C@H]1Oc2c(NC(=O)C3CCCCC3)cccc2C(=O)N([C@@H](C)CO)C[C@@H]1C. The molecule has 2 amide bonds. The van der Waals surface area contributed by atoms with Crippen molar-refractivity contribution in [1.82, 2.24) is 10.2 Å². The molecule has 30 heavy (non-hydrogen) atoms. The molecule has 1 aromatic carbocycles. The Kier molecular flexibility index (Phi) is 7.72. The van der Waals surface area contributed by atoms with Crippen molar-refractivity contribution in [1.29, 1.82) is 0 Å². The van der Waals surface area contributed by atoms with Gasteiger partial charge in [-0.05, 0) is 38.9 Å². The van der Waals surface area contributed by atoms with E-state index in [9.17, 15) is 14.7 Å². The summed E-state index contributed by atoms with van der Waals surface area (Å²) in [6.45, 7) is 4.88. The summed E-state index contributed by atoms with van der Waals surface area (Å²) in [6, 6.07) is 5.00. The van der Waals surface area contributed by atoms with Crippen LogP contribution in [0.15, 0.2) is 18.2 Å². The summed E-state index contributed by atoms with van der Waals surface area (Å²) in [5.41, 5.74) is 0.966. The first-order valence-electron chi connectivity index (χ1n) is 11.1.